The average molecular weight is 231 g/mol. The molecule has 1 rings (SSSR count). The molecule has 0 saturated heterocycles. The second-order valence-electron chi connectivity index (χ2n) is 4.28. The highest BCUT2D eigenvalue weighted by atomic mass is 16.2. The minimum atomic E-state index is 0.0119. The lowest BCUT2D eigenvalue weighted by Gasteiger charge is -2.22. The fraction of sp³-hybridized carbons (Fsp3) is 0.385. The van der Waals surface area contributed by atoms with Crippen LogP contribution < -0.4 is 4.90 Å². The van der Waals surface area contributed by atoms with Crippen molar-refractivity contribution in [1.29, 1.82) is 5.26 Å². The van der Waals surface area contributed by atoms with E-state index < -0.39 is 0 Å². The highest BCUT2D eigenvalue weighted by molar-refractivity contribution is 5.81. The van der Waals surface area contributed by atoms with E-state index in [-0.39, 0.29) is 12.5 Å². The van der Waals surface area contributed by atoms with Crippen molar-refractivity contribution in [2.24, 2.45) is 0 Å². The smallest absolute Gasteiger partial charge is 0.241 e. The maximum atomic E-state index is 11.6. The van der Waals surface area contributed by atoms with Gasteiger partial charge in [-0.15, -0.1) is 0 Å². The SMILES string of the molecule is Cc1ccc(C#N)c(N(C)CC(=O)N(C)C)c1. The van der Waals surface area contributed by atoms with Gasteiger partial charge in [0.25, 0.3) is 0 Å². The molecule has 4 heteroatoms. The molecular formula is C13H17N3O. The van der Waals surface area contributed by atoms with Gasteiger partial charge in [0.15, 0.2) is 0 Å². The monoisotopic (exact) mass is 231 g/mol. The van der Waals surface area contributed by atoms with Gasteiger partial charge in [0.1, 0.15) is 6.07 Å². The third-order valence-electron chi connectivity index (χ3n) is 2.56. The Morgan fingerprint density at radius 2 is 2.00 bits per heavy atom. The van der Waals surface area contributed by atoms with Gasteiger partial charge in [-0.3, -0.25) is 4.79 Å². The maximum Gasteiger partial charge on any atom is 0.241 e. The van der Waals surface area contributed by atoms with Crippen molar-refractivity contribution >= 4 is 11.6 Å². The number of amides is 1. The van der Waals surface area contributed by atoms with Crippen LogP contribution in [0.25, 0.3) is 0 Å². The van der Waals surface area contributed by atoms with Crippen molar-refractivity contribution in [3.8, 4) is 6.07 Å². The van der Waals surface area contributed by atoms with Crippen LogP contribution in [0.3, 0.4) is 0 Å². The van der Waals surface area contributed by atoms with Crippen LogP contribution in [0.5, 0.6) is 0 Å². The van der Waals surface area contributed by atoms with E-state index in [4.69, 9.17) is 5.26 Å². The van der Waals surface area contributed by atoms with Crippen LogP contribution in [-0.4, -0.2) is 38.5 Å². The number of aryl methyl sites for hydroxylation is 1. The fourth-order valence-electron chi connectivity index (χ4n) is 1.48. The number of hydrogen-bond donors (Lipinski definition) is 0. The molecule has 17 heavy (non-hydrogen) atoms. The lowest BCUT2D eigenvalue weighted by Crippen LogP contribution is -2.34. The van der Waals surface area contributed by atoms with Gasteiger partial charge in [-0.05, 0) is 24.6 Å². The Labute approximate surface area is 102 Å². The number of carbonyl (C=O) groups excluding carboxylic acids is 1. The number of nitrogens with zero attached hydrogens (tertiary/aromatic N) is 3. The summed E-state index contributed by atoms with van der Waals surface area (Å²) in [6, 6.07) is 7.73. The topological polar surface area (TPSA) is 47.3 Å². The fourth-order valence-corrected chi connectivity index (χ4v) is 1.48. The van der Waals surface area contributed by atoms with E-state index in [1.165, 1.54) is 0 Å². The molecule has 0 unspecified atom stereocenters. The number of nitriles is 1. The molecule has 0 N–H and O–H groups in total. The second-order valence-corrected chi connectivity index (χ2v) is 4.28. The minimum absolute atomic E-state index is 0.0119. The van der Waals surface area contributed by atoms with Crippen molar-refractivity contribution in [3.63, 3.8) is 0 Å². The molecule has 1 aromatic rings. The zero-order chi connectivity index (χ0) is 13.0. The van der Waals surface area contributed by atoms with E-state index in [2.05, 4.69) is 6.07 Å². The van der Waals surface area contributed by atoms with Crippen molar-refractivity contribution < 1.29 is 4.79 Å². The van der Waals surface area contributed by atoms with Crippen LogP contribution in [0, 0.1) is 18.3 Å². The average Bonchev–Trinajstić information content (AvgIpc) is 2.28. The second kappa shape index (κ2) is 5.35. The zero-order valence-electron chi connectivity index (χ0n) is 10.7. The van der Waals surface area contributed by atoms with E-state index in [1.807, 2.05) is 26.1 Å². The quantitative estimate of drug-likeness (QED) is 0.789. The first-order chi connectivity index (χ1) is 7.95. The summed E-state index contributed by atoms with van der Waals surface area (Å²) in [5.74, 6) is 0.0119. The van der Waals surface area contributed by atoms with Gasteiger partial charge >= 0.3 is 0 Å². The Morgan fingerprint density at radius 3 is 2.53 bits per heavy atom. The van der Waals surface area contributed by atoms with E-state index in [1.54, 1.807) is 30.0 Å². The minimum Gasteiger partial charge on any atom is -0.364 e. The first kappa shape index (κ1) is 13.0. The Hall–Kier alpha value is -2.02. The van der Waals surface area contributed by atoms with Crippen LogP contribution in [0.1, 0.15) is 11.1 Å². The summed E-state index contributed by atoms with van der Waals surface area (Å²) in [6.45, 7) is 2.23. The summed E-state index contributed by atoms with van der Waals surface area (Å²) < 4.78 is 0. The standard InChI is InChI=1S/C13H17N3O/c1-10-5-6-11(8-14)12(7-10)16(4)9-13(17)15(2)3/h5-7H,9H2,1-4H3. The third kappa shape index (κ3) is 3.22. The highest BCUT2D eigenvalue weighted by Crippen LogP contribution is 2.20. The van der Waals surface area contributed by atoms with Crippen molar-refractivity contribution in [2.45, 2.75) is 6.92 Å². The van der Waals surface area contributed by atoms with Crippen molar-refractivity contribution in [2.75, 3.05) is 32.6 Å². The molecule has 1 aromatic carbocycles. The van der Waals surface area contributed by atoms with Gasteiger partial charge in [-0.1, -0.05) is 6.07 Å². The molecule has 1 amide bonds. The van der Waals surface area contributed by atoms with Gasteiger partial charge in [0.05, 0.1) is 17.8 Å². The van der Waals surface area contributed by atoms with Gasteiger partial charge in [-0.25, -0.2) is 0 Å². The predicted molar refractivity (Wildman–Crippen MR) is 67.9 cm³/mol. The summed E-state index contributed by atoms with van der Waals surface area (Å²) in [4.78, 5) is 15.0. The highest BCUT2D eigenvalue weighted by Gasteiger charge is 2.12. The first-order valence-electron chi connectivity index (χ1n) is 5.37. The Kier molecular flexibility index (Phi) is 4.11. The Morgan fingerprint density at radius 1 is 1.35 bits per heavy atom. The van der Waals surface area contributed by atoms with Gasteiger partial charge < -0.3 is 9.80 Å². The van der Waals surface area contributed by atoms with Gasteiger partial charge in [0.2, 0.25) is 5.91 Å². The van der Waals surface area contributed by atoms with Crippen molar-refractivity contribution in [1.82, 2.24) is 4.90 Å². The van der Waals surface area contributed by atoms with Gasteiger partial charge in [0, 0.05) is 21.1 Å². The molecular weight excluding hydrogens is 214 g/mol. The number of carbonyl (C=O) groups is 1. The molecule has 0 atom stereocenters. The van der Waals surface area contributed by atoms with Gasteiger partial charge in [-0.2, -0.15) is 5.26 Å². The Balaban J connectivity index is 2.96. The number of hydrogen-bond acceptors (Lipinski definition) is 3. The van der Waals surface area contributed by atoms with Crippen molar-refractivity contribution in [3.05, 3.63) is 29.3 Å². The molecule has 90 valence electrons. The summed E-state index contributed by atoms with van der Waals surface area (Å²) in [5, 5.41) is 9.03. The van der Waals surface area contributed by atoms with Crippen LogP contribution in [0.2, 0.25) is 0 Å². The van der Waals surface area contributed by atoms with E-state index in [0.29, 0.717) is 5.56 Å². The molecule has 0 radical (unpaired) electrons. The summed E-state index contributed by atoms with van der Waals surface area (Å²) in [5.41, 5.74) is 2.45. The molecule has 0 aromatic heterocycles. The van der Waals surface area contributed by atoms with E-state index in [9.17, 15) is 4.79 Å². The molecule has 0 fully saturated rings. The maximum absolute atomic E-state index is 11.6. The van der Waals surface area contributed by atoms with E-state index in [0.717, 1.165) is 11.3 Å². The molecule has 0 aliphatic heterocycles. The number of rotatable bonds is 3. The molecule has 0 aliphatic carbocycles. The van der Waals surface area contributed by atoms with Crippen LogP contribution in [0.4, 0.5) is 5.69 Å². The summed E-state index contributed by atoms with van der Waals surface area (Å²) >= 11 is 0. The van der Waals surface area contributed by atoms with Crippen LogP contribution >= 0.6 is 0 Å². The van der Waals surface area contributed by atoms with E-state index >= 15 is 0 Å². The zero-order valence-corrected chi connectivity index (χ0v) is 10.7. The lowest BCUT2D eigenvalue weighted by atomic mass is 10.1. The number of benzene rings is 1. The third-order valence-corrected chi connectivity index (χ3v) is 2.56. The molecule has 4 nitrogen and oxygen atoms in total. The Bertz CT molecular complexity index is 460. The first-order valence-corrected chi connectivity index (χ1v) is 5.37. The largest absolute Gasteiger partial charge is 0.364 e. The van der Waals surface area contributed by atoms with Crippen LogP contribution in [-0.2, 0) is 4.79 Å². The normalized spacial score (nSPS) is 9.59. The number of likely N-dealkylation sites (N-methyl/N-ethyl adjacent to an activating group) is 2. The molecule has 0 saturated carbocycles. The van der Waals surface area contributed by atoms with Crippen LogP contribution in [0.15, 0.2) is 18.2 Å². The predicted octanol–water partition coefficient (Wildman–Crippen LogP) is 1.39. The molecule has 0 bridgehead atoms. The molecule has 0 aliphatic rings. The molecule has 0 heterocycles. The number of anilines is 1. The summed E-state index contributed by atoms with van der Waals surface area (Å²) in [6.07, 6.45) is 0. The molecule has 0 spiro atoms. The lowest BCUT2D eigenvalue weighted by molar-refractivity contribution is -0.127. The summed E-state index contributed by atoms with van der Waals surface area (Å²) in [7, 11) is 5.26.